The van der Waals surface area contributed by atoms with Gasteiger partial charge in [-0.1, -0.05) is 33.8 Å². The Hall–Kier alpha value is -0.920. The molecule has 26 heavy (non-hydrogen) atoms. The smallest absolute Gasteiger partial charge is 0.124 e. The van der Waals surface area contributed by atoms with Gasteiger partial charge in [0, 0.05) is 53.0 Å². The molecule has 0 amide bonds. The second-order valence-corrected chi connectivity index (χ2v) is 8.86. The minimum absolute atomic E-state index is 0.175. The van der Waals surface area contributed by atoms with E-state index in [9.17, 15) is 4.39 Å². The molecular formula is C20H22BrFN2OS. The first kappa shape index (κ1) is 18.4. The molecule has 3 nitrogen and oxygen atoms in total. The summed E-state index contributed by atoms with van der Waals surface area (Å²) in [6, 6.07) is 11.9. The van der Waals surface area contributed by atoms with E-state index in [2.05, 4.69) is 43.9 Å². The monoisotopic (exact) mass is 436 g/mol. The van der Waals surface area contributed by atoms with Crippen LogP contribution in [0.1, 0.15) is 17.2 Å². The van der Waals surface area contributed by atoms with Crippen molar-refractivity contribution in [3.63, 3.8) is 0 Å². The van der Waals surface area contributed by atoms with Crippen molar-refractivity contribution in [2.45, 2.75) is 22.3 Å². The molecule has 2 aliphatic rings. The first-order valence-corrected chi connectivity index (χ1v) is 10.6. The van der Waals surface area contributed by atoms with Crippen LogP contribution in [0.3, 0.4) is 0 Å². The number of hydrogen-bond acceptors (Lipinski definition) is 4. The van der Waals surface area contributed by atoms with Gasteiger partial charge < -0.3 is 5.11 Å². The van der Waals surface area contributed by atoms with Crippen LogP contribution in [0.5, 0.6) is 0 Å². The van der Waals surface area contributed by atoms with E-state index in [4.69, 9.17) is 5.11 Å². The minimum Gasteiger partial charge on any atom is -0.395 e. The molecule has 1 atom stereocenters. The Labute approximate surface area is 166 Å². The Morgan fingerprint density at radius 2 is 1.88 bits per heavy atom. The van der Waals surface area contributed by atoms with Gasteiger partial charge in [0.2, 0.25) is 0 Å². The van der Waals surface area contributed by atoms with Crippen molar-refractivity contribution >= 4 is 27.7 Å². The number of halogens is 2. The largest absolute Gasteiger partial charge is 0.395 e. The van der Waals surface area contributed by atoms with Crippen molar-refractivity contribution in [2.24, 2.45) is 0 Å². The Bertz CT molecular complexity index is 795. The molecule has 1 fully saturated rings. The molecule has 0 saturated carbocycles. The highest BCUT2D eigenvalue weighted by Crippen LogP contribution is 2.44. The molecule has 2 aromatic carbocycles. The summed E-state index contributed by atoms with van der Waals surface area (Å²) >= 11 is 5.29. The van der Waals surface area contributed by atoms with E-state index in [1.165, 1.54) is 16.0 Å². The van der Waals surface area contributed by atoms with E-state index in [-0.39, 0.29) is 18.5 Å². The van der Waals surface area contributed by atoms with Gasteiger partial charge in [-0.3, -0.25) is 9.80 Å². The summed E-state index contributed by atoms with van der Waals surface area (Å²) in [6.07, 6.45) is 0.895. The second-order valence-electron chi connectivity index (χ2n) is 6.86. The van der Waals surface area contributed by atoms with Gasteiger partial charge in [0.1, 0.15) is 5.82 Å². The van der Waals surface area contributed by atoms with Crippen LogP contribution in [0.25, 0.3) is 0 Å². The molecule has 1 saturated heterocycles. The quantitative estimate of drug-likeness (QED) is 0.787. The Morgan fingerprint density at radius 3 is 2.65 bits per heavy atom. The van der Waals surface area contributed by atoms with Crippen LogP contribution in [-0.2, 0) is 6.42 Å². The number of rotatable bonds is 3. The van der Waals surface area contributed by atoms with Crippen molar-refractivity contribution in [1.82, 2.24) is 9.80 Å². The number of benzene rings is 2. The second kappa shape index (κ2) is 7.98. The molecule has 0 spiro atoms. The molecule has 4 rings (SSSR count). The Kier molecular flexibility index (Phi) is 5.66. The number of hydrogen-bond donors (Lipinski definition) is 1. The average Bonchev–Trinajstić information content (AvgIpc) is 2.79. The van der Waals surface area contributed by atoms with Crippen LogP contribution in [0.2, 0.25) is 0 Å². The number of β-amino-alcohol motifs (C(OH)–C–C–N with tert-alkyl or cyclic N) is 1. The van der Waals surface area contributed by atoms with E-state index in [0.29, 0.717) is 0 Å². The maximum atomic E-state index is 13.8. The molecule has 0 unspecified atom stereocenters. The Morgan fingerprint density at radius 1 is 1.08 bits per heavy atom. The molecule has 138 valence electrons. The minimum atomic E-state index is -0.175. The van der Waals surface area contributed by atoms with Crippen LogP contribution in [0, 0.1) is 5.82 Å². The zero-order valence-electron chi connectivity index (χ0n) is 14.5. The van der Waals surface area contributed by atoms with Crippen molar-refractivity contribution in [3.8, 4) is 0 Å². The third kappa shape index (κ3) is 3.85. The SMILES string of the molecule is OCCN1CCN([C@@H]2Cc3ccc(F)cc3Sc3ccc(Br)cc32)CC1. The lowest BCUT2D eigenvalue weighted by Gasteiger charge is -2.39. The van der Waals surface area contributed by atoms with Gasteiger partial charge >= 0.3 is 0 Å². The highest BCUT2D eigenvalue weighted by molar-refractivity contribution is 9.10. The molecule has 0 aromatic heterocycles. The van der Waals surface area contributed by atoms with Gasteiger partial charge in [0.15, 0.2) is 0 Å². The predicted molar refractivity (Wildman–Crippen MR) is 106 cm³/mol. The molecule has 0 radical (unpaired) electrons. The molecule has 2 aromatic rings. The van der Waals surface area contributed by atoms with Gasteiger partial charge in [0.25, 0.3) is 0 Å². The number of aliphatic hydroxyl groups is 1. The summed E-state index contributed by atoms with van der Waals surface area (Å²) in [5.41, 5.74) is 2.53. The van der Waals surface area contributed by atoms with Gasteiger partial charge in [-0.05, 0) is 47.9 Å². The van der Waals surface area contributed by atoms with E-state index >= 15 is 0 Å². The first-order valence-electron chi connectivity index (χ1n) is 8.97. The standard InChI is InChI=1S/C20H22BrFN2OS/c21-15-2-4-19-17(12-15)18(24-7-5-23(6-8-24)9-10-25)11-14-1-3-16(22)13-20(14)26-19/h1-4,12-13,18,25H,5-11H2/t18-/m1/s1. The van der Waals surface area contributed by atoms with Crippen molar-refractivity contribution < 1.29 is 9.50 Å². The zero-order valence-corrected chi connectivity index (χ0v) is 16.9. The maximum Gasteiger partial charge on any atom is 0.124 e. The Balaban J connectivity index is 1.67. The van der Waals surface area contributed by atoms with E-state index in [0.717, 1.165) is 48.5 Å². The molecule has 0 bridgehead atoms. The van der Waals surface area contributed by atoms with Crippen molar-refractivity contribution in [1.29, 1.82) is 0 Å². The molecule has 1 N–H and O–H groups in total. The highest BCUT2D eigenvalue weighted by Gasteiger charge is 2.30. The van der Waals surface area contributed by atoms with Crippen molar-refractivity contribution in [2.75, 3.05) is 39.3 Å². The number of aliphatic hydroxyl groups excluding tert-OH is 1. The predicted octanol–water partition coefficient (Wildman–Crippen LogP) is 3.95. The van der Waals surface area contributed by atoms with Crippen molar-refractivity contribution in [3.05, 3.63) is 57.8 Å². The summed E-state index contributed by atoms with van der Waals surface area (Å²) in [7, 11) is 0. The maximum absolute atomic E-state index is 13.8. The van der Waals surface area contributed by atoms with Gasteiger partial charge in [0.05, 0.1) is 6.61 Å². The van der Waals surface area contributed by atoms with Crippen LogP contribution >= 0.6 is 27.7 Å². The fraction of sp³-hybridized carbons (Fsp3) is 0.400. The lowest BCUT2D eigenvalue weighted by Crippen LogP contribution is -2.48. The fourth-order valence-electron chi connectivity index (χ4n) is 3.87. The summed E-state index contributed by atoms with van der Waals surface area (Å²) in [5.74, 6) is -0.175. The van der Waals surface area contributed by atoms with Crippen LogP contribution in [0.4, 0.5) is 4.39 Å². The molecular weight excluding hydrogens is 415 g/mol. The van der Waals surface area contributed by atoms with E-state index < -0.39 is 0 Å². The number of fused-ring (bicyclic) bond motifs is 2. The fourth-order valence-corrected chi connectivity index (χ4v) is 5.39. The summed E-state index contributed by atoms with van der Waals surface area (Å²) in [6.45, 7) is 4.89. The van der Waals surface area contributed by atoms with Crippen LogP contribution < -0.4 is 0 Å². The van der Waals surface area contributed by atoms with Gasteiger partial charge in [-0.2, -0.15) is 0 Å². The highest BCUT2D eigenvalue weighted by atomic mass is 79.9. The number of nitrogens with zero attached hydrogens (tertiary/aromatic N) is 2. The third-order valence-electron chi connectivity index (χ3n) is 5.26. The average molecular weight is 437 g/mol. The lowest BCUT2D eigenvalue weighted by atomic mass is 9.96. The molecule has 0 aliphatic carbocycles. The van der Waals surface area contributed by atoms with Gasteiger partial charge in [-0.25, -0.2) is 4.39 Å². The molecule has 2 heterocycles. The lowest BCUT2D eigenvalue weighted by molar-refractivity contribution is 0.0823. The normalized spacial score (nSPS) is 21.1. The van der Waals surface area contributed by atoms with Crippen LogP contribution in [-0.4, -0.2) is 54.2 Å². The van der Waals surface area contributed by atoms with E-state index in [1.54, 1.807) is 23.9 Å². The summed E-state index contributed by atoms with van der Waals surface area (Å²) in [4.78, 5) is 7.08. The molecule has 2 aliphatic heterocycles. The first-order chi connectivity index (χ1) is 12.6. The zero-order chi connectivity index (χ0) is 18.1. The topological polar surface area (TPSA) is 26.7 Å². The van der Waals surface area contributed by atoms with Gasteiger partial charge in [-0.15, -0.1) is 0 Å². The number of piperazine rings is 1. The van der Waals surface area contributed by atoms with E-state index in [1.807, 2.05) is 6.07 Å². The summed E-state index contributed by atoms with van der Waals surface area (Å²) in [5, 5.41) is 9.17. The summed E-state index contributed by atoms with van der Waals surface area (Å²) < 4.78 is 14.9. The molecule has 6 heteroatoms. The third-order valence-corrected chi connectivity index (χ3v) is 6.94. The van der Waals surface area contributed by atoms with Crippen LogP contribution in [0.15, 0.2) is 50.7 Å².